The van der Waals surface area contributed by atoms with Crippen molar-refractivity contribution in [3.05, 3.63) is 52.6 Å². The predicted octanol–water partition coefficient (Wildman–Crippen LogP) is 1.39. The molecule has 0 saturated heterocycles. The van der Waals surface area contributed by atoms with Crippen LogP contribution in [0.2, 0.25) is 0 Å². The fraction of sp³-hybridized carbons (Fsp3) is 0.200. The molecule has 0 aliphatic rings. The minimum atomic E-state index is -0.204. The molecule has 2 heterocycles. The third kappa shape index (κ3) is 2.41. The zero-order valence-corrected chi connectivity index (χ0v) is 11.5. The van der Waals surface area contributed by atoms with Crippen molar-refractivity contribution in [1.82, 2.24) is 14.5 Å². The van der Waals surface area contributed by atoms with Crippen LogP contribution in [-0.4, -0.2) is 32.9 Å². The van der Waals surface area contributed by atoms with Gasteiger partial charge in [-0.3, -0.25) is 4.57 Å². The van der Waals surface area contributed by atoms with Gasteiger partial charge in [0.2, 0.25) is 5.88 Å². The Balaban J connectivity index is 2.11. The van der Waals surface area contributed by atoms with E-state index in [9.17, 15) is 4.79 Å². The first-order valence-corrected chi connectivity index (χ1v) is 6.61. The fourth-order valence-corrected chi connectivity index (χ4v) is 2.28. The number of aliphatic hydroxyl groups is 1. The van der Waals surface area contributed by atoms with E-state index in [1.165, 1.54) is 0 Å². The third-order valence-electron chi connectivity index (χ3n) is 3.23. The Morgan fingerprint density at radius 2 is 2.19 bits per heavy atom. The van der Waals surface area contributed by atoms with Gasteiger partial charge >= 0.3 is 5.69 Å². The molecule has 21 heavy (non-hydrogen) atoms. The Kier molecular flexibility index (Phi) is 3.45. The molecule has 3 aromatic rings. The van der Waals surface area contributed by atoms with Gasteiger partial charge in [0.05, 0.1) is 29.5 Å². The molecule has 3 rings (SSSR count). The molecule has 0 spiro atoms. The Bertz CT molecular complexity index is 836. The van der Waals surface area contributed by atoms with Crippen LogP contribution in [0.5, 0.6) is 5.88 Å². The highest BCUT2D eigenvalue weighted by molar-refractivity contribution is 5.77. The smallest absolute Gasteiger partial charge is 0.331 e. The van der Waals surface area contributed by atoms with Gasteiger partial charge in [0.1, 0.15) is 6.61 Å². The van der Waals surface area contributed by atoms with E-state index in [2.05, 4.69) is 9.97 Å². The van der Waals surface area contributed by atoms with Crippen LogP contribution in [0, 0.1) is 6.92 Å². The van der Waals surface area contributed by atoms with Crippen molar-refractivity contribution in [3.8, 4) is 11.6 Å². The standard InChI is InChI=1S/C15H15N3O3/c1-10-8-14(21-7-6-19)16-9-13(10)18-12-5-3-2-4-11(12)17-15(18)20/h2-5,8-9,19H,6-7H2,1H3,(H,17,20). The van der Waals surface area contributed by atoms with Gasteiger partial charge in [-0.25, -0.2) is 9.78 Å². The normalized spacial score (nSPS) is 11.0. The lowest BCUT2D eigenvalue weighted by atomic mass is 10.2. The molecule has 0 saturated carbocycles. The number of aromatic nitrogens is 3. The van der Waals surface area contributed by atoms with Crippen LogP contribution in [-0.2, 0) is 0 Å². The molecule has 2 N–H and O–H groups in total. The van der Waals surface area contributed by atoms with E-state index in [1.54, 1.807) is 16.8 Å². The van der Waals surface area contributed by atoms with E-state index < -0.39 is 0 Å². The molecule has 0 aliphatic heterocycles. The minimum Gasteiger partial charge on any atom is -0.475 e. The number of pyridine rings is 1. The number of aryl methyl sites for hydroxylation is 1. The van der Waals surface area contributed by atoms with Crippen LogP contribution in [0.25, 0.3) is 16.7 Å². The zero-order valence-electron chi connectivity index (χ0n) is 11.5. The summed E-state index contributed by atoms with van der Waals surface area (Å²) in [4.78, 5) is 19.2. The number of fused-ring (bicyclic) bond motifs is 1. The zero-order chi connectivity index (χ0) is 14.8. The van der Waals surface area contributed by atoms with Gasteiger partial charge in [-0.15, -0.1) is 0 Å². The summed E-state index contributed by atoms with van der Waals surface area (Å²) in [6.45, 7) is 2.01. The van der Waals surface area contributed by atoms with Gasteiger partial charge in [0.15, 0.2) is 0 Å². The number of para-hydroxylation sites is 2. The summed E-state index contributed by atoms with van der Waals surface area (Å²) in [5.74, 6) is 0.429. The molecular formula is C15H15N3O3. The number of hydrogen-bond acceptors (Lipinski definition) is 4. The van der Waals surface area contributed by atoms with Crippen molar-refractivity contribution in [2.75, 3.05) is 13.2 Å². The fourth-order valence-electron chi connectivity index (χ4n) is 2.28. The molecule has 108 valence electrons. The van der Waals surface area contributed by atoms with E-state index in [0.717, 1.165) is 16.6 Å². The number of rotatable bonds is 4. The second kappa shape index (κ2) is 5.41. The number of hydrogen-bond donors (Lipinski definition) is 2. The molecular weight excluding hydrogens is 270 g/mol. The van der Waals surface area contributed by atoms with Gasteiger partial charge in [-0.05, 0) is 24.6 Å². The maximum absolute atomic E-state index is 12.2. The van der Waals surface area contributed by atoms with Crippen LogP contribution < -0.4 is 10.4 Å². The lowest BCUT2D eigenvalue weighted by Gasteiger charge is -2.09. The Hall–Kier alpha value is -2.60. The maximum atomic E-state index is 12.2. The van der Waals surface area contributed by atoms with Crippen LogP contribution in [0.3, 0.4) is 0 Å². The number of aromatic amines is 1. The van der Waals surface area contributed by atoms with Crippen molar-refractivity contribution < 1.29 is 9.84 Å². The number of nitrogens with zero attached hydrogens (tertiary/aromatic N) is 2. The van der Waals surface area contributed by atoms with Crippen molar-refractivity contribution in [1.29, 1.82) is 0 Å². The van der Waals surface area contributed by atoms with Crippen LogP contribution >= 0.6 is 0 Å². The molecule has 0 unspecified atom stereocenters. The van der Waals surface area contributed by atoms with Crippen molar-refractivity contribution in [3.63, 3.8) is 0 Å². The lowest BCUT2D eigenvalue weighted by Crippen LogP contribution is -2.16. The summed E-state index contributed by atoms with van der Waals surface area (Å²) >= 11 is 0. The first kappa shape index (κ1) is 13.4. The number of ether oxygens (including phenoxy) is 1. The van der Waals surface area contributed by atoms with Gasteiger partial charge < -0.3 is 14.8 Å². The summed E-state index contributed by atoms with van der Waals surface area (Å²) in [7, 11) is 0. The number of aliphatic hydroxyl groups excluding tert-OH is 1. The number of imidazole rings is 1. The molecule has 0 radical (unpaired) electrons. The Morgan fingerprint density at radius 1 is 1.38 bits per heavy atom. The molecule has 0 bridgehead atoms. The van der Waals surface area contributed by atoms with E-state index in [4.69, 9.17) is 9.84 Å². The van der Waals surface area contributed by atoms with Crippen molar-refractivity contribution in [2.24, 2.45) is 0 Å². The van der Waals surface area contributed by atoms with E-state index in [-0.39, 0.29) is 18.9 Å². The third-order valence-corrected chi connectivity index (χ3v) is 3.23. The predicted molar refractivity (Wildman–Crippen MR) is 79.0 cm³/mol. The average molecular weight is 285 g/mol. The first-order chi connectivity index (χ1) is 10.2. The largest absolute Gasteiger partial charge is 0.475 e. The quantitative estimate of drug-likeness (QED) is 0.759. The molecule has 2 aromatic heterocycles. The number of benzene rings is 1. The van der Waals surface area contributed by atoms with Crippen LogP contribution in [0.1, 0.15) is 5.56 Å². The van der Waals surface area contributed by atoms with E-state index >= 15 is 0 Å². The molecule has 1 aromatic carbocycles. The molecule has 0 atom stereocenters. The highest BCUT2D eigenvalue weighted by Crippen LogP contribution is 2.20. The van der Waals surface area contributed by atoms with Crippen LogP contribution in [0.4, 0.5) is 0 Å². The van der Waals surface area contributed by atoms with Crippen molar-refractivity contribution >= 4 is 11.0 Å². The average Bonchev–Trinajstić information content (AvgIpc) is 2.81. The molecule has 0 aliphatic carbocycles. The Labute approximate surface area is 120 Å². The highest BCUT2D eigenvalue weighted by Gasteiger charge is 2.11. The lowest BCUT2D eigenvalue weighted by molar-refractivity contribution is 0.196. The van der Waals surface area contributed by atoms with Gasteiger partial charge in [0, 0.05) is 6.07 Å². The number of nitrogens with one attached hydrogen (secondary N) is 1. The summed E-state index contributed by atoms with van der Waals surface area (Å²) in [5.41, 5.74) is 2.95. The van der Waals surface area contributed by atoms with Gasteiger partial charge in [-0.2, -0.15) is 0 Å². The molecule has 6 nitrogen and oxygen atoms in total. The van der Waals surface area contributed by atoms with Gasteiger partial charge in [-0.1, -0.05) is 12.1 Å². The summed E-state index contributed by atoms with van der Waals surface area (Å²) in [6.07, 6.45) is 1.60. The molecule has 0 fully saturated rings. The summed E-state index contributed by atoms with van der Waals surface area (Å²) in [6, 6.07) is 9.24. The minimum absolute atomic E-state index is 0.0651. The summed E-state index contributed by atoms with van der Waals surface area (Å²) in [5, 5.41) is 8.75. The molecule has 6 heteroatoms. The Morgan fingerprint density at radius 3 is 2.95 bits per heavy atom. The summed E-state index contributed by atoms with van der Waals surface area (Å²) < 4.78 is 6.86. The van der Waals surface area contributed by atoms with E-state index in [0.29, 0.717) is 11.6 Å². The van der Waals surface area contributed by atoms with Crippen molar-refractivity contribution in [2.45, 2.75) is 6.92 Å². The topological polar surface area (TPSA) is 80.1 Å². The SMILES string of the molecule is Cc1cc(OCCO)ncc1-n1c(=O)[nH]c2ccccc21. The monoisotopic (exact) mass is 285 g/mol. The maximum Gasteiger partial charge on any atom is 0.331 e. The van der Waals surface area contributed by atoms with Crippen LogP contribution in [0.15, 0.2) is 41.3 Å². The number of H-pyrrole nitrogens is 1. The molecule has 0 amide bonds. The second-order valence-corrected chi connectivity index (χ2v) is 4.66. The van der Waals surface area contributed by atoms with Gasteiger partial charge in [0.25, 0.3) is 0 Å². The second-order valence-electron chi connectivity index (χ2n) is 4.66. The first-order valence-electron chi connectivity index (χ1n) is 6.61. The highest BCUT2D eigenvalue weighted by atomic mass is 16.5. The van der Waals surface area contributed by atoms with E-state index in [1.807, 2.05) is 31.2 Å².